The molecular formula is C20H22F3N5O2. The second kappa shape index (κ2) is 7.41. The third-order valence-electron chi connectivity index (χ3n) is 5.75. The monoisotopic (exact) mass is 421 g/mol. The Hall–Kier alpha value is -2.91. The van der Waals surface area contributed by atoms with Gasteiger partial charge in [0.15, 0.2) is 0 Å². The van der Waals surface area contributed by atoms with Crippen molar-refractivity contribution in [2.24, 2.45) is 7.05 Å². The molecule has 1 atom stereocenters. The number of hydrogen-bond acceptors (Lipinski definition) is 5. The summed E-state index contributed by atoms with van der Waals surface area (Å²) in [6, 6.07) is 1.06. The Balaban J connectivity index is 1.70. The molecule has 7 nitrogen and oxygen atoms in total. The van der Waals surface area contributed by atoms with E-state index >= 15 is 0 Å². The van der Waals surface area contributed by atoms with E-state index in [2.05, 4.69) is 15.2 Å². The van der Waals surface area contributed by atoms with Crippen LogP contribution in [0.1, 0.15) is 58.7 Å². The van der Waals surface area contributed by atoms with E-state index < -0.39 is 11.7 Å². The van der Waals surface area contributed by atoms with Gasteiger partial charge in [0.25, 0.3) is 11.6 Å². The first-order chi connectivity index (χ1) is 14.2. The van der Waals surface area contributed by atoms with Crippen LogP contribution in [0.4, 0.5) is 13.2 Å². The fourth-order valence-corrected chi connectivity index (χ4v) is 3.97. The maximum atomic E-state index is 13.8. The first-order valence-corrected chi connectivity index (χ1v) is 9.85. The summed E-state index contributed by atoms with van der Waals surface area (Å²) in [6.45, 7) is 4.33. The molecule has 1 aliphatic heterocycles. The van der Waals surface area contributed by atoms with Crippen LogP contribution in [0.25, 0.3) is 11.1 Å². The van der Waals surface area contributed by atoms with Crippen LogP contribution >= 0.6 is 0 Å². The Labute approximate surface area is 170 Å². The Kier molecular flexibility index (Phi) is 5.03. The van der Waals surface area contributed by atoms with Crippen LogP contribution in [-0.2, 0) is 19.6 Å². The number of pyridine rings is 1. The van der Waals surface area contributed by atoms with Gasteiger partial charge in [-0.05, 0) is 32.3 Å². The normalized spacial score (nSPS) is 17.7. The van der Waals surface area contributed by atoms with Gasteiger partial charge in [-0.2, -0.15) is 18.3 Å². The van der Waals surface area contributed by atoms with E-state index in [9.17, 15) is 18.0 Å². The second-order valence-corrected chi connectivity index (χ2v) is 7.62. The topological polar surface area (TPSA) is 77.0 Å². The van der Waals surface area contributed by atoms with Crippen LogP contribution in [0.5, 0.6) is 0 Å². The smallest absolute Gasteiger partial charge is 0.338 e. The quantitative estimate of drug-likeness (QED) is 0.642. The van der Waals surface area contributed by atoms with Crippen molar-refractivity contribution < 1.29 is 22.5 Å². The highest BCUT2D eigenvalue weighted by Crippen LogP contribution is 2.40. The summed E-state index contributed by atoms with van der Waals surface area (Å²) in [6.07, 6.45) is -1.41. The zero-order valence-electron chi connectivity index (χ0n) is 17.0. The molecule has 0 aromatic carbocycles. The molecule has 1 unspecified atom stereocenters. The van der Waals surface area contributed by atoms with E-state index in [0.29, 0.717) is 37.1 Å². The van der Waals surface area contributed by atoms with Gasteiger partial charge in [0.05, 0.1) is 28.4 Å². The van der Waals surface area contributed by atoms with Gasteiger partial charge in [-0.15, -0.1) is 0 Å². The van der Waals surface area contributed by atoms with Gasteiger partial charge in [-0.3, -0.25) is 9.48 Å². The second-order valence-electron chi connectivity index (χ2n) is 7.62. The lowest BCUT2D eigenvalue weighted by Crippen LogP contribution is -2.39. The van der Waals surface area contributed by atoms with Crippen molar-refractivity contribution in [3.63, 3.8) is 0 Å². The van der Waals surface area contributed by atoms with E-state index in [1.54, 1.807) is 30.5 Å². The SMILES string of the molecule is CCc1cc(C(F)(F)F)c2c(C3CCCN(C(=O)c4cnn(C)c4C)C3)noc2n1. The van der Waals surface area contributed by atoms with Gasteiger partial charge >= 0.3 is 6.18 Å². The van der Waals surface area contributed by atoms with E-state index in [4.69, 9.17) is 4.52 Å². The Morgan fingerprint density at radius 2 is 2.13 bits per heavy atom. The fourth-order valence-electron chi connectivity index (χ4n) is 3.97. The summed E-state index contributed by atoms with van der Waals surface area (Å²) >= 11 is 0. The maximum absolute atomic E-state index is 13.8. The van der Waals surface area contributed by atoms with Gasteiger partial charge in [0, 0.05) is 37.4 Å². The van der Waals surface area contributed by atoms with Gasteiger partial charge in [0.2, 0.25) is 0 Å². The number of aromatic nitrogens is 4. The van der Waals surface area contributed by atoms with E-state index in [0.717, 1.165) is 11.8 Å². The van der Waals surface area contributed by atoms with Gasteiger partial charge in [-0.1, -0.05) is 12.1 Å². The summed E-state index contributed by atoms with van der Waals surface area (Å²) in [5.41, 5.74) is 0.853. The zero-order valence-corrected chi connectivity index (χ0v) is 17.0. The number of likely N-dealkylation sites (tertiary alicyclic amines) is 1. The molecular weight excluding hydrogens is 399 g/mol. The van der Waals surface area contributed by atoms with E-state index in [1.807, 2.05) is 0 Å². The van der Waals surface area contributed by atoms with E-state index in [-0.39, 0.29) is 35.2 Å². The molecule has 0 saturated carbocycles. The van der Waals surface area contributed by atoms with Crippen LogP contribution in [0.2, 0.25) is 0 Å². The summed E-state index contributed by atoms with van der Waals surface area (Å²) < 4.78 is 48.1. The highest BCUT2D eigenvalue weighted by atomic mass is 19.4. The van der Waals surface area contributed by atoms with Crippen molar-refractivity contribution >= 4 is 17.0 Å². The standard InChI is InChI=1S/C20H22F3N5O2/c1-4-13-8-15(20(21,22)23)16-17(26-30-18(16)25-13)12-6-5-7-28(10-12)19(29)14-9-24-27(3)11(14)2/h8-9,12H,4-7,10H2,1-3H3. The third-order valence-corrected chi connectivity index (χ3v) is 5.75. The zero-order chi connectivity index (χ0) is 21.6. The van der Waals surface area contributed by atoms with Crippen LogP contribution in [0, 0.1) is 6.92 Å². The number of halogens is 3. The molecule has 3 aromatic heterocycles. The van der Waals surface area contributed by atoms with Crippen molar-refractivity contribution in [2.75, 3.05) is 13.1 Å². The predicted molar refractivity (Wildman–Crippen MR) is 102 cm³/mol. The summed E-state index contributed by atoms with van der Waals surface area (Å²) in [7, 11) is 1.75. The number of piperidine rings is 1. The molecule has 1 amide bonds. The Morgan fingerprint density at radius 3 is 2.77 bits per heavy atom. The van der Waals surface area contributed by atoms with Crippen molar-refractivity contribution in [1.82, 2.24) is 24.8 Å². The minimum Gasteiger partial charge on any atom is -0.338 e. The molecule has 30 heavy (non-hydrogen) atoms. The number of hydrogen-bond donors (Lipinski definition) is 0. The molecule has 3 aromatic rings. The van der Waals surface area contributed by atoms with Gasteiger partial charge in [-0.25, -0.2) is 4.98 Å². The average Bonchev–Trinajstić information content (AvgIpc) is 3.29. The molecule has 1 saturated heterocycles. The molecule has 4 rings (SSSR count). The number of nitrogens with zero attached hydrogens (tertiary/aromatic N) is 5. The largest absolute Gasteiger partial charge is 0.417 e. The highest BCUT2D eigenvalue weighted by Gasteiger charge is 2.38. The lowest BCUT2D eigenvalue weighted by atomic mass is 9.91. The first-order valence-electron chi connectivity index (χ1n) is 9.85. The molecule has 0 radical (unpaired) electrons. The van der Waals surface area contributed by atoms with Crippen LogP contribution in [0.3, 0.4) is 0 Å². The summed E-state index contributed by atoms with van der Waals surface area (Å²) in [5.74, 6) is -0.545. The molecule has 0 aliphatic carbocycles. The molecule has 10 heteroatoms. The molecule has 0 spiro atoms. The van der Waals surface area contributed by atoms with Crippen molar-refractivity contribution in [1.29, 1.82) is 0 Å². The maximum Gasteiger partial charge on any atom is 0.417 e. The summed E-state index contributed by atoms with van der Waals surface area (Å²) in [5, 5.41) is 7.97. The molecule has 0 bridgehead atoms. The van der Waals surface area contributed by atoms with Crippen molar-refractivity contribution in [3.8, 4) is 0 Å². The minimum atomic E-state index is -4.55. The predicted octanol–water partition coefficient (Wildman–Crippen LogP) is 3.87. The molecule has 4 heterocycles. The molecule has 0 N–H and O–H groups in total. The minimum absolute atomic E-state index is 0.100. The number of alkyl halides is 3. The number of carbonyl (C=O) groups is 1. The number of carbonyl (C=O) groups excluding carboxylic acids is 1. The van der Waals surface area contributed by atoms with E-state index in [1.165, 1.54) is 6.20 Å². The van der Waals surface area contributed by atoms with Gasteiger partial charge in [0.1, 0.15) is 0 Å². The number of fused-ring (bicyclic) bond motifs is 1. The molecule has 1 fully saturated rings. The number of amides is 1. The molecule has 160 valence electrons. The lowest BCUT2D eigenvalue weighted by Gasteiger charge is -2.32. The van der Waals surface area contributed by atoms with Crippen molar-refractivity contribution in [3.05, 3.63) is 40.5 Å². The Morgan fingerprint density at radius 1 is 1.37 bits per heavy atom. The van der Waals surface area contributed by atoms with Crippen molar-refractivity contribution in [2.45, 2.75) is 45.2 Å². The highest BCUT2D eigenvalue weighted by molar-refractivity contribution is 5.95. The lowest BCUT2D eigenvalue weighted by molar-refractivity contribution is -0.136. The van der Waals surface area contributed by atoms with Crippen LogP contribution in [0.15, 0.2) is 16.8 Å². The first kappa shape index (κ1) is 20.4. The van der Waals surface area contributed by atoms with Crippen LogP contribution < -0.4 is 0 Å². The molecule has 1 aliphatic rings. The number of aryl methyl sites for hydroxylation is 2. The average molecular weight is 421 g/mol. The summed E-state index contributed by atoms with van der Waals surface area (Å²) in [4.78, 5) is 18.8. The third kappa shape index (κ3) is 3.44. The number of rotatable bonds is 3. The Bertz CT molecular complexity index is 1100. The fraction of sp³-hybridized carbons (Fsp3) is 0.500. The van der Waals surface area contributed by atoms with Crippen LogP contribution in [-0.4, -0.2) is 43.8 Å². The van der Waals surface area contributed by atoms with Gasteiger partial charge < -0.3 is 9.42 Å².